The number of rotatable bonds is 7. The summed E-state index contributed by atoms with van der Waals surface area (Å²) in [5, 5.41) is 3.47. The highest BCUT2D eigenvalue weighted by Gasteiger charge is 2.15. The van der Waals surface area contributed by atoms with E-state index < -0.39 is 0 Å². The van der Waals surface area contributed by atoms with Gasteiger partial charge in [-0.05, 0) is 49.7 Å². The van der Waals surface area contributed by atoms with Gasteiger partial charge >= 0.3 is 0 Å². The second-order valence-electron chi connectivity index (χ2n) is 6.91. The molecule has 3 nitrogen and oxygen atoms in total. The molecule has 0 spiro atoms. The predicted molar refractivity (Wildman–Crippen MR) is 90.5 cm³/mol. The van der Waals surface area contributed by atoms with E-state index in [0.717, 1.165) is 32.7 Å². The summed E-state index contributed by atoms with van der Waals surface area (Å²) in [6, 6.07) is 6.82. The molecule has 0 saturated heterocycles. The van der Waals surface area contributed by atoms with Crippen LogP contribution in [0.15, 0.2) is 18.2 Å². The maximum Gasteiger partial charge on any atom is 0.0237 e. The Bertz CT molecular complexity index is 440. The summed E-state index contributed by atoms with van der Waals surface area (Å²) in [5.74, 6) is 0.716. The molecule has 2 rings (SSSR count). The first-order valence-electron chi connectivity index (χ1n) is 8.23. The highest BCUT2D eigenvalue weighted by molar-refractivity contribution is 5.37. The van der Waals surface area contributed by atoms with Crippen LogP contribution in [0.2, 0.25) is 0 Å². The lowest BCUT2D eigenvalue weighted by Crippen LogP contribution is -2.34. The van der Waals surface area contributed by atoms with E-state index >= 15 is 0 Å². The van der Waals surface area contributed by atoms with Crippen LogP contribution in [0.4, 0.5) is 0 Å². The zero-order valence-corrected chi connectivity index (χ0v) is 14.2. The summed E-state index contributed by atoms with van der Waals surface area (Å²) in [6.07, 6.45) is 1.18. The molecule has 0 aromatic heterocycles. The van der Waals surface area contributed by atoms with Crippen molar-refractivity contribution in [3.63, 3.8) is 0 Å². The minimum absolute atomic E-state index is 0.716. The molecule has 0 radical (unpaired) electrons. The number of hydrogen-bond donors (Lipinski definition) is 1. The third-order valence-corrected chi connectivity index (χ3v) is 4.12. The summed E-state index contributed by atoms with van der Waals surface area (Å²) in [6.45, 7) is 11.3. The van der Waals surface area contributed by atoms with E-state index in [1.807, 2.05) is 0 Å². The van der Waals surface area contributed by atoms with E-state index in [0.29, 0.717) is 5.92 Å². The van der Waals surface area contributed by atoms with Crippen molar-refractivity contribution in [3.05, 3.63) is 34.9 Å². The molecule has 3 heteroatoms. The molecule has 21 heavy (non-hydrogen) atoms. The summed E-state index contributed by atoms with van der Waals surface area (Å²) in [4.78, 5) is 4.89. The number of hydrogen-bond acceptors (Lipinski definition) is 3. The van der Waals surface area contributed by atoms with Gasteiger partial charge in [-0.3, -0.25) is 4.90 Å². The molecule has 1 aromatic carbocycles. The zero-order valence-electron chi connectivity index (χ0n) is 14.2. The Kier molecular flexibility index (Phi) is 6.22. The Morgan fingerprint density at radius 1 is 1.19 bits per heavy atom. The van der Waals surface area contributed by atoms with Crippen LogP contribution < -0.4 is 5.32 Å². The predicted octanol–water partition coefficient (Wildman–Crippen LogP) is 2.35. The molecule has 0 aliphatic carbocycles. The average Bonchev–Trinajstić information content (AvgIpc) is 2.44. The van der Waals surface area contributed by atoms with Crippen LogP contribution in [0.1, 0.15) is 30.5 Å². The third kappa shape index (κ3) is 5.10. The molecule has 1 aliphatic rings. The first-order chi connectivity index (χ1) is 10.1. The van der Waals surface area contributed by atoms with Crippen LogP contribution in [0.3, 0.4) is 0 Å². The Balaban J connectivity index is 2.08. The smallest absolute Gasteiger partial charge is 0.0237 e. The summed E-state index contributed by atoms with van der Waals surface area (Å²) < 4.78 is 0. The van der Waals surface area contributed by atoms with Gasteiger partial charge in [-0.1, -0.05) is 32.0 Å². The minimum Gasteiger partial charge on any atom is -0.312 e. The van der Waals surface area contributed by atoms with Crippen molar-refractivity contribution in [2.24, 2.45) is 5.92 Å². The normalized spacial score (nSPS) is 15.0. The van der Waals surface area contributed by atoms with E-state index in [1.54, 1.807) is 5.56 Å². The van der Waals surface area contributed by atoms with Gasteiger partial charge < -0.3 is 10.2 Å². The standard InChI is InChI=1S/C18H31N3/c1-15(2)13-21(11-10-20(3)4)14-17-7-5-6-16-12-19-9-8-18(16)17/h5-7,15,19H,8-14H2,1-4H3. The molecule has 1 aromatic rings. The number of benzene rings is 1. The number of nitrogens with one attached hydrogen (secondary N) is 1. The van der Waals surface area contributed by atoms with Gasteiger partial charge in [-0.15, -0.1) is 0 Å². The summed E-state index contributed by atoms with van der Waals surface area (Å²) in [7, 11) is 4.31. The minimum atomic E-state index is 0.716. The molecular weight excluding hydrogens is 258 g/mol. The Labute approximate surface area is 130 Å². The van der Waals surface area contributed by atoms with Crippen LogP contribution >= 0.6 is 0 Å². The van der Waals surface area contributed by atoms with Gasteiger partial charge in [-0.2, -0.15) is 0 Å². The van der Waals surface area contributed by atoms with Gasteiger partial charge in [0.05, 0.1) is 0 Å². The third-order valence-electron chi connectivity index (χ3n) is 4.12. The van der Waals surface area contributed by atoms with Gasteiger partial charge in [0, 0.05) is 32.7 Å². The number of likely N-dealkylation sites (N-methyl/N-ethyl adjacent to an activating group) is 1. The Morgan fingerprint density at radius 2 is 2.00 bits per heavy atom. The van der Waals surface area contributed by atoms with Crippen LogP contribution in [0.5, 0.6) is 0 Å². The summed E-state index contributed by atoms with van der Waals surface area (Å²) >= 11 is 0. The van der Waals surface area contributed by atoms with Gasteiger partial charge in [0.2, 0.25) is 0 Å². The molecular formula is C18H31N3. The summed E-state index contributed by atoms with van der Waals surface area (Å²) in [5.41, 5.74) is 4.62. The van der Waals surface area contributed by atoms with Crippen LogP contribution in [-0.4, -0.2) is 50.1 Å². The maximum atomic E-state index is 3.47. The second-order valence-corrected chi connectivity index (χ2v) is 6.91. The second kappa shape index (κ2) is 7.92. The lowest BCUT2D eigenvalue weighted by Gasteiger charge is -2.28. The number of nitrogens with zero attached hydrogens (tertiary/aromatic N) is 2. The van der Waals surface area contributed by atoms with E-state index in [2.05, 4.69) is 61.3 Å². The fourth-order valence-corrected chi connectivity index (χ4v) is 3.09. The lowest BCUT2D eigenvalue weighted by molar-refractivity contribution is 0.211. The quantitative estimate of drug-likeness (QED) is 0.831. The molecule has 0 unspecified atom stereocenters. The van der Waals surface area contributed by atoms with Crippen molar-refractivity contribution in [2.75, 3.05) is 40.3 Å². The van der Waals surface area contributed by atoms with Gasteiger partial charge in [0.1, 0.15) is 0 Å². The Morgan fingerprint density at radius 3 is 2.71 bits per heavy atom. The van der Waals surface area contributed by atoms with Crippen molar-refractivity contribution in [1.82, 2.24) is 15.1 Å². The largest absolute Gasteiger partial charge is 0.312 e. The molecule has 0 saturated carbocycles. The zero-order chi connectivity index (χ0) is 15.2. The number of fused-ring (bicyclic) bond motifs is 1. The fourth-order valence-electron chi connectivity index (χ4n) is 3.09. The van der Waals surface area contributed by atoms with Crippen molar-refractivity contribution in [2.45, 2.75) is 33.4 Å². The Hall–Kier alpha value is -0.900. The highest BCUT2D eigenvalue weighted by atomic mass is 15.2. The van der Waals surface area contributed by atoms with E-state index in [1.165, 1.54) is 24.1 Å². The molecule has 118 valence electrons. The van der Waals surface area contributed by atoms with E-state index in [-0.39, 0.29) is 0 Å². The van der Waals surface area contributed by atoms with Crippen LogP contribution in [-0.2, 0) is 19.5 Å². The molecule has 0 bridgehead atoms. The molecule has 0 fully saturated rings. The van der Waals surface area contributed by atoms with Crippen molar-refractivity contribution in [1.29, 1.82) is 0 Å². The van der Waals surface area contributed by atoms with E-state index in [4.69, 9.17) is 0 Å². The topological polar surface area (TPSA) is 18.5 Å². The van der Waals surface area contributed by atoms with Crippen molar-refractivity contribution >= 4 is 0 Å². The molecule has 1 heterocycles. The van der Waals surface area contributed by atoms with Crippen molar-refractivity contribution < 1.29 is 0 Å². The molecule has 1 N–H and O–H groups in total. The molecule has 0 amide bonds. The maximum absolute atomic E-state index is 3.47. The fraction of sp³-hybridized carbons (Fsp3) is 0.667. The molecule has 0 atom stereocenters. The van der Waals surface area contributed by atoms with Crippen molar-refractivity contribution in [3.8, 4) is 0 Å². The van der Waals surface area contributed by atoms with E-state index in [9.17, 15) is 0 Å². The molecule has 1 aliphatic heterocycles. The highest BCUT2D eigenvalue weighted by Crippen LogP contribution is 2.20. The van der Waals surface area contributed by atoms with Crippen LogP contribution in [0, 0.1) is 5.92 Å². The van der Waals surface area contributed by atoms with Gasteiger partial charge in [-0.25, -0.2) is 0 Å². The average molecular weight is 289 g/mol. The van der Waals surface area contributed by atoms with Crippen LogP contribution in [0.25, 0.3) is 0 Å². The first-order valence-corrected chi connectivity index (χ1v) is 8.23. The lowest BCUT2D eigenvalue weighted by atomic mass is 9.95. The van der Waals surface area contributed by atoms with Gasteiger partial charge in [0.15, 0.2) is 0 Å². The monoisotopic (exact) mass is 289 g/mol. The van der Waals surface area contributed by atoms with Gasteiger partial charge in [0.25, 0.3) is 0 Å². The first kappa shape index (κ1) is 16.5. The SMILES string of the molecule is CC(C)CN(CCN(C)C)Cc1cccc2c1CCNC2.